The maximum atomic E-state index is 3.36. The minimum Gasteiger partial charge on any atom is -0.103 e. The SMILES string of the molecule is C=CC.CC(C)(C)/C=C/c1ccc2ccccc2c1. The molecule has 0 nitrogen and oxygen atoms in total. The van der Waals surface area contributed by atoms with Gasteiger partial charge in [0.2, 0.25) is 0 Å². The quantitative estimate of drug-likeness (QED) is 0.539. The van der Waals surface area contributed by atoms with Gasteiger partial charge in [-0.25, -0.2) is 0 Å². The summed E-state index contributed by atoms with van der Waals surface area (Å²) in [6.07, 6.45) is 6.20. The summed E-state index contributed by atoms with van der Waals surface area (Å²) in [6.45, 7) is 11.9. The first-order chi connectivity index (χ1) is 8.96. The lowest BCUT2D eigenvalue weighted by Crippen LogP contribution is -1.97. The first-order valence-corrected chi connectivity index (χ1v) is 6.71. The Morgan fingerprint density at radius 2 is 1.53 bits per heavy atom. The number of benzene rings is 2. The van der Waals surface area contributed by atoms with E-state index in [1.54, 1.807) is 6.08 Å². The number of hydrogen-bond acceptors (Lipinski definition) is 0. The van der Waals surface area contributed by atoms with Gasteiger partial charge in [-0.2, -0.15) is 0 Å². The Morgan fingerprint density at radius 1 is 0.947 bits per heavy atom. The molecule has 2 aromatic rings. The van der Waals surface area contributed by atoms with Gasteiger partial charge in [-0.15, -0.1) is 6.58 Å². The molecular weight excluding hydrogens is 228 g/mol. The summed E-state index contributed by atoms with van der Waals surface area (Å²) < 4.78 is 0. The molecule has 0 atom stereocenters. The predicted molar refractivity (Wildman–Crippen MR) is 88.3 cm³/mol. The highest BCUT2D eigenvalue weighted by atomic mass is 14.1. The number of hydrogen-bond donors (Lipinski definition) is 0. The zero-order chi connectivity index (χ0) is 14.3. The molecule has 0 aliphatic carbocycles. The molecule has 2 aromatic carbocycles. The van der Waals surface area contributed by atoms with Crippen molar-refractivity contribution in [2.45, 2.75) is 27.7 Å². The van der Waals surface area contributed by atoms with Gasteiger partial charge in [-0.3, -0.25) is 0 Å². The average Bonchev–Trinajstić information content (AvgIpc) is 2.36. The molecule has 0 heterocycles. The van der Waals surface area contributed by atoms with E-state index >= 15 is 0 Å². The van der Waals surface area contributed by atoms with Gasteiger partial charge in [-0.05, 0) is 34.7 Å². The minimum atomic E-state index is 0.242. The molecular formula is C19H24. The van der Waals surface area contributed by atoms with Crippen LogP contribution in [0.15, 0.2) is 61.2 Å². The second kappa shape index (κ2) is 6.94. The van der Waals surface area contributed by atoms with Crippen molar-refractivity contribution in [2.75, 3.05) is 0 Å². The second-order valence-electron chi connectivity index (χ2n) is 5.71. The molecule has 19 heavy (non-hydrogen) atoms. The van der Waals surface area contributed by atoms with Crippen LogP contribution in [-0.4, -0.2) is 0 Å². The highest BCUT2D eigenvalue weighted by Crippen LogP contribution is 2.20. The van der Waals surface area contributed by atoms with Gasteiger partial charge in [0.1, 0.15) is 0 Å². The molecule has 100 valence electrons. The third kappa shape index (κ3) is 5.56. The molecule has 0 radical (unpaired) electrons. The summed E-state index contributed by atoms with van der Waals surface area (Å²) >= 11 is 0. The summed E-state index contributed by atoms with van der Waals surface area (Å²) in [5, 5.41) is 2.61. The molecule has 2 rings (SSSR count). The van der Waals surface area contributed by atoms with Crippen LogP contribution in [0.25, 0.3) is 16.8 Å². The fourth-order valence-electron chi connectivity index (χ4n) is 1.66. The van der Waals surface area contributed by atoms with Crippen molar-refractivity contribution in [3.63, 3.8) is 0 Å². The molecule has 0 aromatic heterocycles. The van der Waals surface area contributed by atoms with Gasteiger partial charge in [0.15, 0.2) is 0 Å². The van der Waals surface area contributed by atoms with E-state index in [1.807, 2.05) is 6.92 Å². The van der Waals surface area contributed by atoms with Crippen LogP contribution in [0.1, 0.15) is 33.3 Å². The summed E-state index contributed by atoms with van der Waals surface area (Å²) in [5.41, 5.74) is 1.51. The maximum absolute atomic E-state index is 3.36. The van der Waals surface area contributed by atoms with Crippen molar-refractivity contribution in [2.24, 2.45) is 5.41 Å². The highest BCUT2D eigenvalue weighted by molar-refractivity contribution is 5.84. The van der Waals surface area contributed by atoms with E-state index in [9.17, 15) is 0 Å². The molecule has 0 heteroatoms. The van der Waals surface area contributed by atoms with Gasteiger partial charge < -0.3 is 0 Å². The Balaban J connectivity index is 0.000000550. The van der Waals surface area contributed by atoms with E-state index < -0.39 is 0 Å². The van der Waals surface area contributed by atoms with Crippen molar-refractivity contribution in [3.8, 4) is 0 Å². The van der Waals surface area contributed by atoms with Crippen molar-refractivity contribution in [3.05, 3.63) is 66.8 Å². The molecule has 0 N–H and O–H groups in total. The van der Waals surface area contributed by atoms with E-state index in [2.05, 4.69) is 82.0 Å². The molecule has 0 saturated carbocycles. The molecule has 0 spiro atoms. The van der Waals surface area contributed by atoms with E-state index in [-0.39, 0.29) is 5.41 Å². The summed E-state index contributed by atoms with van der Waals surface area (Å²) in [6, 6.07) is 15.0. The Bertz CT molecular complexity index is 554. The van der Waals surface area contributed by atoms with Gasteiger partial charge >= 0.3 is 0 Å². The molecule has 0 amide bonds. The minimum absolute atomic E-state index is 0.242. The van der Waals surface area contributed by atoms with E-state index in [0.717, 1.165) is 0 Å². The van der Waals surface area contributed by atoms with Crippen LogP contribution in [0.5, 0.6) is 0 Å². The topological polar surface area (TPSA) is 0 Å². The van der Waals surface area contributed by atoms with Crippen molar-refractivity contribution in [1.29, 1.82) is 0 Å². The lowest BCUT2D eigenvalue weighted by atomic mass is 9.95. The largest absolute Gasteiger partial charge is 0.103 e. The molecule has 0 aliphatic rings. The van der Waals surface area contributed by atoms with E-state index in [4.69, 9.17) is 0 Å². The monoisotopic (exact) mass is 252 g/mol. The third-order valence-corrected chi connectivity index (χ3v) is 2.55. The first-order valence-electron chi connectivity index (χ1n) is 6.71. The third-order valence-electron chi connectivity index (χ3n) is 2.55. The normalized spacial score (nSPS) is 11.2. The zero-order valence-corrected chi connectivity index (χ0v) is 12.5. The van der Waals surface area contributed by atoms with Gasteiger partial charge in [0.05, 0.1) is 0 Å². The van der Waals surface area contributed by atoms with Gasteiger partial charge in [0.25, 0.3) is 0 Å². The fourth-order valence-corrected chi connectivity index (χ4v) is 1.66. The Hall–Kier alpha value is -1.82. The molecule has 0 bridgehead atoms. The lowest BCUT2D eigenvalue weighted by Gasteiger charge is -2.11. The standard InChI is InChI=1S/C16H18.C3H6/c1-16(2,3)11-10-13-8-9-14-6-4-5-7-15(14)12-13;1-3-2/h4-12H,1-3H3;3H,1H2,2H3/b11-10+;. The lowest BCUT2D eigenvalue weighted by molar-refractivity contribution is 0.547. The van der Waals surface area contributed by atoms with Crippen LogP contribution in [0, 0.1) is 5.41 Å². The molecule has 0 fully saturated rings. The van der Waals surface area contributed by atoms with Crippen LogP contribution in [0.2, 0.25) is 0 Å². The van der Waals surface area contributed by atoms with Crippen molar-refractivity contribution >= 4 is 16.8 Å². The molecule has 0 saturated heterocycles. The number of allylic oxidation sites excluding steroid dienone is 2. The van der Waals surface area contributed by atoms with Crippen molar-refractivity contribution < 1.29 is 0 Å². The van der Waals surface area contributed by atoms with Crippen LogP contribution >= 0.6 is 0 Å². The van der Waals surface area contributed by atoms with Crippen LogP contribution in [0.3, 0.4) is 0 Å². The van der Waals surface area contributed by atoms with Crippen LogP contribution < -0.4 is 0 Å². The van der Waals surface area contributed by atoms with Crippen LogP contribution in [0.4, 0.5) is 0 Å². The number of fused-ring (bicyclic) bond motifs is 1. The average molecular weight is 252 g/mol. The smallest absolute Gasteiger partial charge is 0.0178 e. The first kappa shape index (κ1) is 15.2. The fraction of sp³-hybridized carbons (Fsp3) is 0.263. The Labute approximate surface area is 117 Å². The van der Waals surface area contributed by atoms with Gasteiger partial charge in [0, 0.05) is 0 Å². The summed E-state index contributed by atoms with van der Waals surface area (Å²) in [7, 11) is 0. The second-order valence-corrected chi connectivity index (χ2v) is 5.71. The molecule has 0 unspecified atom stereocenters. The molecule has 0 aliphatic heterocycles. The van der Waals surface area contributed by atoms with Crippen molar-refractivity contribution in [1.82, 2.24) is 0 Å². The number of rotatable bonds is 1. The maximum Gasteiger partial charge on any atom is -0.0178 e. The van der Waals surface area contributed by atoms with E-state index in [1.165, 1.54) is 16.3 Å². The zero-order valence-electron chi connectivity index (χ0n) is 12.5. The predicted octanol–water partition coefficient (Wildman–Crippen LogP) is 6.09. The Kier molecular flexibility index (Phi) is 5.57. The van der Waals surface area contributed by atoms with E-state index in [0.29, 0.717) is 0 Å². The van der Waals surface area contributed by atoms with Crippen LogP contribution in [-0.2, 0) is 0 Å². The Morgan fingerprint density at radius 3 is 2.11 bits per heavy atom. The summed E-state index contributed by atoms with van der Waals surface area (Å²) in [4.78, 5) is 0. The summed E-state index contributed by atoms with van der Waals surface area (Å²) in [5.74, 6) is 0. The highest BCUT2D eigenvalue weighted by Gasteiger charge is 2.03. The van der Waals surface area contributed by atoms with Gasteiger partial charge in [-0.1, -0.05) is 75.4 Å².